The first kappa shape index (κ1) is 14.5. The SMILES string of the molecule is CC(C)N(C(=O)Cc1cc(Cl)c2c(c1)OCCO2)C1CC1. The van der Waals surface area contributed by atoms with Gasteiger partial charge in [-0.25, -0.2) is 0 Å². The van der Waals surface area contributed by atoms with Crippen molar-refractivity contribution in [3.63, 3.8) is 0 Å². The topological polar surface area (TPSA) is 38.8 Å². The van der Waals surface area contributed by atoms with Crippen LogP contribution in [0.1, 0.15) is 32.3 Å². The maximum atomic E-state index is 12.5. The quantitative estimate of drug-likeness (QED) is 0.858. The van der Waals surface area contributed by atoms with Gasteiger partial charge in [-0.3, -0.25) is 4.79 Å². The maximum absolute atomic E-state index is 12.5. The Labute approximate surface area is 130 Å². The average molecular weight is 310 g/mol. The highest BCUT2D eigenvalue weighted by molar-refractivity contribution is 6.32. The molecule has 1 aromatic carbocycles. The van der Waals surface area contributed by atoms with E-state index in [9.17, 15) is 4.79 Å². The summed E-state index contributed by atoms with van der Waals surface area (Å²) in [6.45, 7) is 5.15. The molecule has 4 nitrogen and oxygen atoms in total. The van der Waals surface area contributed by atoms with Gasteiger partial charge in [0.2, 0.25) is 5.91 Å². The summed E-state index contributed by atoms with van der Waals surface area (Å²) in [5.41, 5.74) is 0.876. The molecular formula is C16H20ClNO3. The summed E-state index contributed by atoms with van der Waals surface area (Å²) in [6, 6.07) is 4.32. The van der Waals surface area contributed by atoms with Crippen molar-refractivity contribution in [3.8, 4) is 11.5 Å². The second-order valence-corrected chi connectivity index (χ2v) is 6.31. The second-order valence-electron chi connectivity index (χ2n) is 5.90. The molecule has 5 heteroatoms. The third kappa shape index (κ3) is 3.10. The molecule has 0 radical (unpaired) electrons. The van der Waals surface area contributed by atoms with E-state index in [4.69, 9.17) is 21.1 Å². The largest absolute Gasteiger partial charge is 0.486 e. The molecule has 1 aliphatic carbocycles. The van der Waals surface area contributed by atoms with Crippen LogP contribution in [0.15, 0.2) is 12.1 Å². The number of nitrogens with zero attached hydrogens (tertiary/aromatic N) is 1. The zero-order valence-corrected chi connectivity index (χ0v) is 13.2. The van der Waals surface area contributed by atoms with E-state index in [-0.39, 0.29) is 11.9 Å². The molecule has 0 unspecified atom stereocenters. The fourth-order valence-corrected chi connectivity index (χ4v) is 3.09. The molecule has 0 spiro atoms. The first-order valence-corrected chi connectivity index (χ1v) is 7.83. The van der Waals surface area contributed by atoms with Crippen LogP contribution >= 0.6 is 11.6 Å². The lowest BCUT2D eigenvalue weighted by atomic mass is 10.1. The lowest BCUT2D eigenvalue weighted by Crippen LogP contribution is -2.39. The lowest BCUT2D eigenvalue weighted by molar-refractivity contribution is -0.132. The molecule has 21 heavy (non-hydrogen) atoms. The van der Waals surface area contributed by atoms with Gasteiger partial charge in [-0.1, -0.05) is 11.6 Å². The van der Waals surface area contributed by atoms with E-state index in [1.54, 1.807) is 6.07 Å². The fraction of sp³-hybridized carbons (Fsp3) is 0.562. The van der Waals surface area contributed by atoms with E-state index in [0.29, 0.717) is 42.2 Å². The number of rotatable bonds is 4. The van der Waals surface area contributed by atoms with Gasteiger partial charge < -0.3 is 14.4 Å². The Morgan fingerprint density at radius 3 is 2.71 bits per heavy atom. The second kappa shape index (κ2) is 5.76. The summed E-state index contributed by atoms with van der Waals surface area (Å²) >= 11 is 6.22. The van der Waals surface area contributed by atoms with Gasteiger partial charge in [0.1, 0.15) is 13.2 Å². The molecular weight excluding hydrogens is 290 g/mol. The van der Waals surface area contributed by atoms with Crippen molar-refractivity contribution in [1.29, 1.82) is 0 Å². The van der Waals surface area contributed by atoms with Crippen molar-refractivity contribution in [2.75, 3.05) is 13.2 Å². The third-order valence-corrected chi connectivity index (χ3v) is 4.08. The predicted octanol–water partition coefficient (Wildman–Crippen LogP) is 3.05. The first-order valence-electron chi connectivity index (χ1n) is 7.45. The summed E-state index contributed by atoms with van der Waals surface area (Å²) in [4.78, 5) is 14.5. The van der Waals surface area contributed by atoms with Crippen LogP contribution in [-0.4, -0.2) is 36.1 Å². The Bertz CT molecular complexity index is 553. The summed E-state index contributed by atoms with van der Waals surface area (Å²) < 4.78 is 11.1. The Kier molecular flexibility index (Phi) is 3.98. The number of hydrogen-bond acceptors (Lipinski definition) is 3. The highest BCUT2D eigenvalue weighted by atomic mass is 35.5. The Hall–Kier alpha value is -1.42. The molecule has 0 bridgehead atoms. The monoisotopic (exact) mass is 309 g/mol. The molecule has 2 aliphatic rings. The summed E-state index contributed by atoms with van der Waals surface area (Å²) in [5.74, 6) is 1.38. The van der Waals surface area contributed by atoms with Gasteiger partial charge in [0, 0.05) is 12.1 Å². The molecule has 1 saturated carbocycles. The standard InChI is InChI=1S/C16H20ClNO3/c1-10(2)18(12-3-4-12)15(19)9-11-7-13(17)16-14(8-11)20-5-6-21-16/h7-8,10,12H,3-6,9H2,1-2H3. The van der Waals surface area contributed by atoms with Crippen LogP contribution in [-0.2, 0) is 11.2 Å². The number of halogens is 1. The number of carbonyl (C=O) groups excluding carboxylic acids is 1. The number of amides is 1. The Balaban J connectivity index is 1.78. The normalized spacial score (nSPS) is 17.0. The minimum absolute atomic E-state index is 0.153. The van der Waals surface area contributed by atoms with Crippen molar-refractivity contribution in [1.82, 2.24) is 4.90 Å². The van der Waals surface area contributed by atoms with Crippen LogP contribution in [0.4, 0.5) is 0 Å². The number of ether oxygens (including phenoxy) is 2. The molecule has 0 N–H and O–H groups in total. The third-order valence-electron chi connectivity index (χ3n) is 3.80. The predicted molar refractivity (Wildman–Crippen MR) is 81.2 cm³/mol. The number of hydrogen-bond donors (Lipinski definition) is 0. The van der Waals surface area contributed by atoms with Crippen LogP contribution in [0, 0.1) is 0 Å². The van der Waals surface area contributed by atoms with Gasteiger partial charge in [-0.15, -0.1) is 0 Å². The summed E-state index contributed by atoms with van der Waals surface area (Å²) in [7, 11) is 0. The molecule has 1 aliphatic heterocycles. The van der Waals surface area contributed by atoms with Gasteiger partial charge >= 0.3 is 0 Å². The van der Waals surface area contributed by atoms with Gasteiger partial charge in [-0.05, 0) is 44.4 Å². The van der Waals surface area contributed by atoms with Gasteiger partial charge in [-0.2, -0.15) is 0 Å². The zero-order chi connectivity index (χ0) is 15.0. The Morgan fingerprint density at radius 1 is 1.33 bits per heavy atom. The van der Waals surface area contributed by atoms with Crippen LogP contribution < -0.4 is 9.47 Å². The smallest absolute Gasteiger partial charge is 0.227 e. The van der Waals surface area contributed by atoms with Gasteiger partial charge in [0.25, 0.3) is 0 Å². The van der Waals surface area contributed by atoms with Gasteiger partial charge in [0.15, 0.2) is 11.5 Å². The fourth-order valence-electron chi connectivity index (χ4n) is 2.80. The van der Waals surface area contributed by atoms with Crippen LogP contribution in [0.3, 0.4) is 0 Å². The highest BCUT2D eigenvalue weighted by Gasteiger charge is 2.34. The lowest BCUT2D eigenvalue weighted by Gasteiger charge is -2.27. The molecule has 0 aromatic heterocycles. The molecule has 0 atom stereocenters. The van der Waals surface area contributed by atoms with Crippen molar-refractivity contribution < 1.29 is 14.3 Å². The summed E-state index contributed by atoms with van der Waals surface area (Å²) in [6.07, 6.45) is 2.59. The number of fused-ring (bicyclic) bond motifs is 1. The van der Waals surface area contributed by atoms with Crippen LogP contribution in [0.2, 0.25) is 5.02 Å². The molecule has 1 fully saturated rings. The minimum atomic E-state index is 0.153. The van der Waals surface area contributed by atoms with Crippen LogP contribution in [0.5, 0.6) is 11.5 Å². The molecule has 1 heterocycles. The van der Waals surface area contributed by atoms with E-state index in [0.717, 1.165) is 18.4 Å². The molecule has 0 saturated heterocycles. The maximum Gasteiger partial charge on any atom is 0.227 e. The van der Waals surface area contributed by atoms with E-state index < -0.39 is 0 Å². The van der Waals surface area contributed by atoms with E-state index in [2.05, 4.69) is 13.8 Å². The van der Waals surface area contributed by atoms with E-state index >= 15 is 0 Å². The van der Waals surface area contributed by atoms with E-state index in [1.807, 2.05) is 11.0 Å². The number of benzene rings is 1. The van der Waals surface area contributed by atoms with Crippen molar-refractivity contribution in [2.24, 2.45) is 0 Å². The van der Waals surface area contributed by atoms with Crippen molar-refractivity contribution in [2.45, 2.75) is 45.2 Å². The van der Waals surface area contributed by atoms with Crippen LogP contribution in [0.25, 0.3) is 0 Å². The average Bonchev–Trinajstić information content (AvgIpc) is 3.23. The molecule has 114 valence electrons. The zero-order valence-electron chi connectivity index (χ0n) is 12.4. The van der Waals surface area contributed by atoms with E-state index in [1.165, 1.54) is 0 Å². The molecule has 1 aromatic rings. The molecule has 1 amide bonds. The highest BCUT2D eigenvalue weighted by Crippen LogP contribution is 2.38. The Morgan fingerprint density at radius 2 is 2.05 bits per heavy atom. The molecule has 3 rings (SSSR count). The van der Waals surface area contributed by atoms with Crippen molar-refractivity contribution in [3.05, 3.63) is 22.7 Å². The minimum Gasteiger partial charge on any atom is -0.486 e. The van der Waals surface area contributed by atoms with Crippen molar-refractivity contribution >= 4 is 17.5 Å². The summed E-state index contributed by atoms with van der Waals surface area (Å²) in [5, 5.41) is 0.512. The first-order chi connectivity index (χ1) is 10.1. The van der Waals surface area contributed by atoms with Gasteiger partial charge in [0.05, 0.1) is 11.4 Å². The number of carbonyl (C=O) groups is 1.